The largest absolute Gasteiger partial charge is 0.478 e. The van der Waals surface area contributed by atoms with Gasteiger partial charge in [0.05, 0.1) is 27.7 Å². The van der Waals surface area contributed by atoms with Crippen LogP contribution in [-0.2, 0) is 16.6 Å². The highest BCUT2D eigenvalue weighted by atomic mass is 35.5. The maximum absolute atomic E-state index is 12.0. The second-order valence-corrected chi connectivity index (χ2v) is 5.94. The van der Waals surface area contributed by atoms with Crippen LogP contribution in [0.4, 0.5) is 0 Å². The highest BCUT2D eigenvalue weighted by molar-refractivity contribution is 7.89. The van der Waals surface area contributed by atoms with Gasteiger partial charge in [-0.1, -0.05) is 16.8 Å². The molecule has 1 aromatic carbocycles. The molecule has 0 radical (unpaired) electrons. The number of aromatic nitrogens is 1. The molecule has 7 nitrogen and oxygen atoms in total. The van der Waals surface area contributed by atoms with E-state index in [-0.39, 0.29) is 22.0 Å². The minimum Gasteiger partial charge on any atom is -0.478 e. The lowest BCUT2D eigenvalue weighted by Gasteiger charge is -2.06. The first-order valence-corrected chi connectivity index (χ1v) is 7.18. The second kappa shape index (κ2) is 5.61. The van der Waals surface area contributed by atoms with E-state index in [0.29, 0.717) is 5.69 Å². The predicted molar refractivity (Wildman–Crippen MR) is 68.9 cm³/mol. The minimum absolute atomic E-state index is 0.0445. The molecule has 106 valence electrons. The zero-order valence-corrected chi connectivity index (χ0v) is 11.5. The number of nitrogens with zero attached hydrogens (tertiary/aromatic N) is 1. The number of sulfonamides is 1. The number of benzene rings is 1. The number of nitrogens with one attached hydrogen (secondary N) is 1. The normalized spacial score (nSPS) is 11.4. The Labute approximate surface area is 119 Å². The third-order valence-corrected chi connectivity index (χ3v) is 4.13. The Bertz CT molecular complexity index is 727. The Morgan fingerprint density at radius 3 is 2.70 bits per heavy atom. The SMILES string of the molecule is O=C(O)c1ccc(S(=O)(=O)NCc2ccon2)cc1Cl. The summed E-state index contributed by atoms with van der Waals surface area (Å²) in [6.45, 7) is -0.0445. The van der Waals surface area contributed by atoms with Crippen LogP contribution in [0.2, 0.25) is 5.02 Å². The highest BCUT2D eigenvalue weighted by Crippen LogP contribution is 2.21. The van der Waals surface area contributed by atoms with E-state index < -0.39 is 16.0 Å². The van der Waals surface area contributed by atoms with Gasteiger partial charge >= 0.3 is 5.97 Å². The van der Waals surface area contributed by atoms with Crippen molar-refractivity contribution in [1.29, 1.82) is 0 Å². The van der Waals surface area contributed by atoms with E-state index in [1.807, 2.05) is 0 Å². The van der Waals surface area contributed by atoms with E-state index in [0.717, 1.165) is 12.1 Å². The quantitative estimate of drug-likeness (QED) is 0.865. The van der Waals surface area contributed by atoms with Gasteiger partial charge in [0, 0.05) is 6.07 Å². The summed E-state index contributed by atoms with van der Waals surface area (Å²) in [6, 6.07) is 4.90. The number of carboxylic acids is 1. The Kier molecular flexibility index (Phi) is 4.07. The number of carbonyl (C=O) groups is 1. The highest BCUT2D eigenvalue weighted by Gasteiger charge is 2.17. The van der Waals surface area contributed by atoms with Crippen molar-refractivity contribution in [3.8, 4) is 0 Å². The van der Waals surface area contributed by atoms with E-state index in [9.17, 15) is 13.2 Å². The van der Waals surface area contributed by atoms with Crippen molar-refractivity contribution in [2.45, 2.75) is 11.4 Å². The van der Waals surface area contributed by atoms with Crippen molar-refractivity contribution in [2.24, 2.45) is 0 Å². The van der Waals surface area contributed by atoms with E-state index in [4.69, 9.17) is 16.7 Å². The fourth-order valence-electron chi connectivity index (χ4n) is 1.42. The van der Waals surface area contributed by atoms with Crippen LogP contribution in [0.25, 0.3) is 0 Å². The molecule has 0 amide bonds. The number of carboxylic acid groups (broad SMARTS) is 1. The summed E-state index contributed by atoms with van der Waals surface area (Å²) >= 11 is 5.73. The number of halogens is 1. The van der Waals surface area contributed by atoms with Crippen LogP contribution in [0, 0.1) is 0 Å². The monoisotopic (exact) mass is 316 g/mol. The third kappa shape index (κ3) is 3.16. The molecule has 0 aliphatic carbocycles. The molecule has 20 heavy (non-hydrogen) atoms. The van der Waals surface area contributed by atoms with Gasteiger partial charge in [-0.3, -0.25) is 0 Å². The van der Waals surface area contributed by atoms with Crippen molar-refractivity contribution < 1.29 is 22.8 Å². The number of hydrogen-bond donors (Lipinski definition) is 2. The van der Waals surface area contributed by atoms with Gasteiger partial charge in [-0.05, 0) is 18.2 Å². The van der Waals surface area contributed by atoms with E-state index in [2.05, 4.69) is 14.4 Å². The first-order valence-electron chi connectivity index (χ1n) is 5.32. The lowest BCUT2D eigenvalue weighted by molar-refractivity contribution is 0.0697. The molecule has 2 aromatic rings. The molecule has 2 N–H and O–H groups in total. The van der Waals surface area contributed by atoms with Crippen molar-refractivity contribution >= 4 is 27.6 Å². The third-order valence-electron chi connectivity index (χ3n) is 2.42. The summed E-state index contributed by atoms with van der Waals surface area (Å²) in [5.41, 5.74) is 0.254. The molecule has 0 atom stereocenters. The van der Waals surface area contributed by atoms with Gasteiger partial charge in [0.2, 0.25) is 10.0 Å². The molecule has 2 rings (SSSR count). The van der Waals surface area contributed by atoms with Crippen LogP contribution >= 0.6 is 11.6 Å². The van der Waals surface area contributed by atoms with E-state index in [1.165, 1.54) is 18.4 Å². The van der Waals surface area contributed by atoms with Crippen LogP contribution in [-0.4, -0.2) is 24.7 Å². The summed E-state index contributed by atoms with van der Waals surface area (Å²) < 4.78 is 30.8. The van der Waals surface area contributed by atoms with Crippen molar-refractivity contribution in [1.82, 2.24) is 9.88 Å². The van der Waals surface area contributed by atoms with Crippen LogP contribution in [0.3, 0.4) is 0 Å². The van der Waals surface area contributed by atoms with Gasteiger partial charge in [-0.2, -0.15) is 0 Å². The first-order chi connectivity index (χ1) is 9.40. The van der Waals surface area contributed by atoms with Gasteiger partial charge in [-0.15, -0.1) is 0 Å². The number of rotatable bonds is 5. The van der Waals surface area contributed by atoms with Crippen LogP contribution < -0.4 is 4.72 Å². The maximum Gasteiger partial charge on any atom is 0.337 e. The summed E-state index contributed by atoms with van der Waals surface area (Å²) in [5, 5.41) is 12.2. The van der Waals surface area contributed by atoms with Gasteiger partial charge in [0.25, 0.3) is 0 Å². The van der Waals surface area contributed by atoms with E-state index >= 15 is 0 Å². The predicted octanol–water partition coefficient (Wildman–Crippen LogP) is 1.50. The molecule has 0 saturated heterocycles. The smallest absolute Gasteiger partial charge is 0.337 e. The molecular formula is C11H9ClN2O5S. The van der Waals surface area contributed by atoms with Crippen molar-refractivity contribution in [2.75, 3.05) is 0 Å². The Morgan fingerprint density at radius 2 is 2.15 bits per heavy atom. The molecule has 0 fully saturated rings. The first kappa shape index (κ1) is 14.5. The molecule has 1 heterocycles. The zero-order chi connectivity index (χ0) is 14.8. The fraction of sp³-hybridized carbons (Fsp3) is 0.0909. The Morgan fingerprint density at radius 1 is 1.40 bits per heavy atom. The molecule has 0 spiro atoms. The molecule has 0 aliphatic heterocycles. The number of hydrogen-bond acceptors (Lipinski definition) is 5. The fourth-order valence-corrected chi connectivity index (χ4v) is 2.77. The van der Waals surface area contributed by atoms with Gasteiger partial charge in [-0.25, -0.2) is 17.9 Å². The van der Waals surface area contributed by atoms with Crippen molar-refractivity contribution in [3.63, 3.8) is 0 Å². The molecule has 0 saturated carbocycles. The Balaban J connectivity index is 2.21. The van der Waals surface area contributed by atoms with Gasteiger partial charge < -0.3 is 9.63 Å². The molecule has 9 heteroatoms. The summed E-state index contributed by atoms with van der Waals surface area (Å²) in [5.74, 6) is -1.23. The molecule has 0 unspecified atom stereocenters. The minimum atomic E-state index is -3.81. The standard InChI is InChI=1S/C11H9ClN2O5S/c12-10-5-8(1-2-9(10)11(15)16)20(17,18)13-6-7-3-4-19-14-7/h1-5,13H,6H2,(H,15,16). The molecule has 0 aliphatic rings. The maximum atomic E-state index is 12.0. The lowest BCUT2D eigenvalue weighted by atomic mass is 10.2. The van der Waals surface area contributed by atoms with Crippen LogP contribution in [0.1, 0.15) is 16.1 Å². The Hall–Kier alpha value is -1.90. The molecule has 0 bridgehead atoms. The molecular weight excluding hydrogens is 308 g/mol. The zero-order valence-electron chi connectivity index (χ0n) is 9.91. The number of aromatic carboxylic acids is 1. The average molecular weight is 317 g/mol. The molecule has 1 aromatic heterocycles. The van der Waals surface area contributed by atoms with Crippen LogP contribution in [0.5, 0.6) is 0 Å². The van der Waals surface area contributed by atoms with E-state index in [1.54, 1.807) is 0 Å². The summed E-state index contributed by atoms with van der Waals surface area (Å²) in [6.07, 6.45) is 1.32. The lowest BCUT2D eigenvalue weighted by Crippen LogP contribution is -2.23. The van der Waals surface area contributed by atoms with Gasteiger partial charge in [0.15, 0.2) is 0 Å². The second-order valence-electron chi connectivity index (χ2n) is 3.76. The summed E-state index contributed by atoms with van der Waals surface area (Å²) in [4.78, 5) is 10.7. The van der Waals surface area contributed by atoms with Gasteiger partial charge in [0.1, 0.15) is 6.26 Å². The van der Waals surface area contributed by atoms with Crippen LogP contribution in [0.15, 0.2) is 39.9 Å². The average Bonchev–Trinajstić information content (AvgIpc) is 2.89. The topological polar surface area (TPSA) is 110 Å². The summed E-state index contributed by atoms with van der Waals surface area (Å²) in [7, 11) is -3.81. The van der Waals surface area contributed by atoms with Crippen molar-refractivity contribution in [3.05, 3.63) is 46.8 Å².